The Bertz CT molecular complexity index is 922. The van der Waals surface area contributed by atoms with Gasteiger partial charge in [0.15, 0.2) is 0 Å². The summed E-state index contributed by atoms with van der Waals surface area (Å²) in [7, 11) is 0. The normalized spacial score (nSPS) is 17.2. The van der Waals surface area contributed by atoms with E-state index < -0.39 is 0 Å². The number of nitrogens with one attached hydrogen (secondary N) is 1. The highest BCUT2D eigenvalue weighted by Gasteiger charge is 2.19. The molecule has 1 unspecified atom stereocenters. The van der Waals surface area contributed by atoms with Crippen LogP contribution in [-0.4, -0.2) is 34.1 Å². The van der Waals surface area contributed by atoms with Crippen molar-refractivity contribution in [3.8, 4) is 0 Å². The SMILES string of the molecule is O=C(NCc1ccnc(C2CCCOC2)n1)c1ccc2ncccc2c1. The third-order valence-corrected chi connectivity index (χ3v) is 4.55. The maximum Gasteiger partial charge on any atom is 0.251 e. The topological polar surface area (TPSA) is 77.0 Å². The number of amides is 1. The molecule has 1 fully saturated rings. The van der Waals surface area contributed by atoms with Gasteiger partial charge in [0.1, 0.15) is 5.82 Å². The molecule has 1 aliphatic heterocycles. The molecular weight excluding hydrogens is 328 g/mol. The van der Waals surface area contributed by atoms with Crippen LogP contribution in [-0.2, 0) is 11.3 Å². The highest BCUT2D eigenvalue weighted by atomic mass is 16.5. The molecule has 4 rings (SSSR count). The first-order valence-corrected chi connectivity index (χ1v) is 8.82. The van der Waals surface area contributed by atoms with Crippen LogP contribution in [0, 0.1) is 0 Å². The number of rotatable bonds is 4. The van der Waals surface area contributed by atoms with E-state index in [-0.39, 0.29) is 11.8 Å². The molecule has 1 aromatic carbocycles. The summed E-state index contributed by atoms with van der Waals surface area (Å²) in [5.41, 5.74) is 2.29. The van der Waals surface area contributed by atoms with Crippen molar-refractivity contribution in [1.29, 1.82) is 0 Å². The quantitative estimate of drug-likeness (QED) is 0.784. The highest BCUT2D eigenvalue weighted by molar-refractivity contribution is 5.97. The molecule has 0 bridgehead atoms. The Balaban J connectivity index is 1.43. The summed E-state index contributed by atoms with van der Waals surface area (Å²) in [5, 5.41) is 3.88. The summed E-state index contributed by atoms with van der Waals surface area (Å²) < 4.78 is 5.51. The molecule has 6 nitrogen and oxygen atoms in total. The summed E-state index contributed by atoms with van der Waals surface area (Å²) >= 11 is 0. The van der Waals surface area contributed by atoms with Crippen LogP contribution in [0.5, 0.6) is 0 Å². The van der Waals surface area contributed by atoms with Crippen molar-refractivity contribution < 1.29 is 9.53 Å². The molecule has 3 aromatic rings. The predicted molar refractivity (Wildman–Crippen MR) is 97.7 cm³/mol. The molecule has 1 atom stereocenters. The van der Waals surface area contributed by atoms with Crippen LogP contribution < -0.4 is 5.32 Å². The van der Waals surface area contributed by atoms with Gasteiger partial charge in [-0.1, -0.05) is 6.07 Å². The molecule has 1 saturated heterocycles. The van der Waals surface area contributed by atoms with Crippen LogP contribution in [0.15, 0.2) is 48.8 Å². The van der Waals surface area contributed by atoms with Gasteiger partial charge in [-0.25, -0.2) is 9.97 Å². The Morgan fingerprint density at radius 3 is 3.04 bits per heavy atom. The van der Waals surface area contributed by atoms with Crippen molar-refractivity contribution in [2.45, 2.75) is 25.3 Å². The van der Waals surface area contributed by atoms with E-state index >= 15 is 0 Å². The number of nitrogens with zero attached hydrogens (tertiary/aromatic N) is 3. The van der Waals surface area contributed by atoms with E-state index in [0.29, 0.717) is 18.7 Å². The van der Waals surface area contributed by atoms with Gasteiger partial charge in [-0.15, -0.1) is 0 Å². The predicted octanol–water partition coefficient (Wildman–Crippen LogP) is 2.85. The minimum Gasteiger partial charge on any atom is -0.381 e. The average molecular weight is 348 g/mol. The first-order chi connectivity index (χ1) is 12.8. The Morgan fingerprint density at radius 2 is 2.15 bits per heavy atom. The third-order valence-electron chi connectivity index (χ3n) is 4.55. The number of pyridine rings is 1. The highest BCUT2D eigenvalue weighted by Crippen LogP contribution is 2.22. The van der Waals surface area contributed by atoms with Gasteiger partial charge in [0, 0.05) is 35.9 Å². The van der Waals surface area contributed by atoms with Crippen molar-refractivity contribution in [3.05, 3.63) is 65.9 Å². The summed E-state index contributed by atoms with van der Waals surface area (Å²) in [5.74, 6) is 0.914. The van der Waals surface area contributed by atoms with Gasteiger partial charge in [0.25, 0.3) is 5.91 Å². The fourth-order valence-corrected chi connectivity index (χ4v) is 3.14. The summed E-state index contributed by atoms with van der Waals surface area (Å²) in [4.78, 5) is 25.7. The molecule has 0 saturated carbocycles. The maximum absolute atomic E-state index is 12.5. The molecule has 0 radical (unpaired) electrons. The fourth-order valence-electron chi connectivity index (χ4n) is 3.14. The van der Waals surface area contributed by atoms with E-state index in [1.54, 1.807) is 18.5 Å². The fraction of sp³-hybridized carbons (Fsp3) is 0.300. The van der Waals surface area contributed by atoms with E-state index in [2.05, 4.69) is 20.3 Å². The smallest absolute Gasteiger partial charge is 0.251 e. The molecule has 132 valence electrons. The lowest BCUT2D eigenvalue weighted by Gasteiger charge is -2.20. The van der Waals surface area contributed by atoms with Gasteiger partial charge in [0.2, 0.25) is 0 Å². The van der Waals surface area contributed by atoms with Crippen LogP contribution in [0.4, 0.5) is 0 Å². The molecule has 0 aliphatic carbocycles. The molecule has 3 heterocycles. The van der Waals surface area contributed by atoms with E-state index in [0.717, 1.165) is 41.9 Å². The number of benzene rings is 1. The molecule has 2 aromatic heterocycles. The summed E-state index contributed by atoms with van der Waals surface area (Å²) in [6.07, 6.45) is 5.57. The number of hydrogen-bond donors (Lipinski definition) is 1. The molecule has 6 heteroatoms. The Hall–Kier alpha value is -2.86. The standard InChI is InChI=1S/C20H20N4O2/c25-20(15-5-6-18-14(11-15)3-1-8-21-18)23-12-17-7-9-22-19(24-17)16-4-2-10-26-13-16/h1,3,5-9,11,16H,2,4,10,12-13H2,(H,23,25). The zero-order valence-electron chi connectivity index (χ0n) is 14.4. The van der Waals surface area contributed by atoms with Crippen LogP contribution in [0.25, 0.3) is 10.9 Å². The zero-order chi connectivity index (χ0) is 17.8. The van der Waals surface area contributed by atoms with Crippen molar-refractivity contribution in [1.82, 2.24) is 20.3 Å². The molecule has 1 N–H and O–H groups in total. The number of carbonyl (C=O) groups is 1. The molecule has 26 heavy (non-hydrogen) atoms. The Morgan fingerprint density at radius 1 is 1.19 bits per heavy atom. The zero-order valence-corrected chi connectivity index (χ0v) is 14.4. The van der Waals surface area contributed by atoms with E-state index in [4.69, 9.17) is 4.74 Å². The molecule has 0 spiro atoms. The lowest BCUT2D eigenvalue weighted by Crippen LogP contribution is -2.24. The van der Waals surface area contributed by atoms with Gasteiger partial charge >= 0.3 is 0 Å². The number of hydrogen-bond acceptors (Lipinski definition) is 5. The van der Waals surface area contributed by atoms with Crippen molar-refractivity contribution in [2.75, 3.05) is 13.2 Å². The maximum atomic E-state index is 12.5. The van der Waals surface area contributed by atoms with Gasteiger partial charge in [-0.2, -0.15) is 0 Å². The Labute approximate surface area is 151 Å². The van der Waals surface area contributed by atoms with Crippen LogP contribution in [0.1, 0.15) is 40.6 Å². The average Bonchev–Trinajstić information content (AvgIpc) is 2.72. The van der Waals surface area contributed by atoms with Crippen molar-refractivity contribution >= 4 is 16.8 Å². The first kappa shape index (κ1) is 16.6. The minimum absolute atomic E-state index is 0.128. The Kier molecular flexibility index (Phi) is 4.84. The summed E-state index contributed by atoms with van der Waals surface area (Å²) in [6, 6.07) is 11.1. The number of aromatic nitrogens is 3. The van der Waals surface area contributed by atoms with Crippen molar-refractivity contribution in [3.63, 3.8) is 0 Å². The number of fused-ring (bicyclic) bond motifs is 1. The van der Waals surface area contributed by atoms with Crippen LogP contribution in [0.3, 0.4) is 0 Å². The second-order valence-corrected chi connectivity index (χ2v) is 6.41. The van der Waals surface area contributed by atoms with Crippen molar-refractivity contribution in [2.24, 2.45) is 0 Å². The van der Waals surface area contributed by atoms with E-state index in [1.807, 2.05) is 30.3 Å². The molecule has 1 amide bonds. The first-order valence-electron chi connectivity index (χ1n) is 8.82. The lowest BCUT2D eigenvalue weighted by atomic mass is 10.0. The second-order valence-electron chi connectivity index (χ2n) is 6.41. The molecule has 1 aliphatic rings. The second kappa shape index (κ2) is 7.58. The number of ether oxygens (including phenoxy) is 1. The van der Waals surface area contributed by atoms with Gasteiger partial charge in [-0.3, -0.25) is 9.78 Å². The monoisotopic (exact) mass is 348 g/mol. The minimum atomic E-state index is -0.128. The van der Waals surface area contributed by atoms with Gasteiger partial charge < -0.3 is 10.1 Å². The van der Waals surface area contributed by atoms with Gasteiger partial charge in [-0.05, 0) is 43.2 Å². The number of carbonyl (C=O) groups excluding carboxylic acids is 1. The van der Waals surface area contributed by atoms with E-state index in [9.17, 15) is 4.79 Å². The summed E-state index contributed by atoms with van der Waals surface area (Å²) in [6.45, 7) is 1.85. The molecular formula is C20H20N4O2. The van der Waals surface area contributed by atoms with E-state index in [1.165, 1.54) is 0 Å². The van der Waals surface area contributed by atoms with Crippen LogP contribution in [0.2, 0.25) is 0 Å². The third kappa shape index (κ3) is 3.70. The van der Waals surface area contributed by atoms with Crippen LogP contribution >= 0.6 is 0 Å². The lowest BCUT2D eigenvalue weighted by molar-refractivity contribution is 0.0779. The van der Waals surface area contributed by atoms with Gasteiger partial charge in [0.05, 0.1) is 24.4 Å². The largest absolute Gasteiger partial charge is 0.381 e.